The van der Waals surface area contributed by atoms with Gasteiger partial charge >= 0.3 is 0 Å². The average molecular weight is 329 g/mol. The Kier molecular flexibility index (Phi) is 4.20. The molecule has 24 heavy (non-hydrogen) atoms. The summed E-state index contributed by atoms with van der Waals surface area (Å²) in [5, 5.41) is 14.1. The number of amides is 1. The van der Waals surface area contributed by atoms with Gasteiger partial charge in [0.2, 0.25) is 0 Å². The van der Waals surface area contributed by atoms with E-state index in [1.807, 2.05) is 13.8 Å². The van der Waals surface area contributed by atoms with E-state index in [4.69, 9.17) is 4.74 Å². The van der Waals surface area contributed by atoms with Gasteiger partial charge in [0.15, 0.2) is 0 Å². The summed E-state index contributed by atoms with van der Waals surface area (Å²) < 4.78 is 5.50. The smallest absolute Gasteiger partial charge is 0.256 e. The largest absolute Gasteiger partial charge is 0.509 e. The second-order valence-corrected chi connectivity index (χ2v) is 7.35. The van der Waals surface area contributed by atoms with Crippen molar-refractivity contribution in [2.75, 3.05) is 7.11 Å². The number of rotatable bonds is 2. The van der Waals surface area contributed by atoms with Crippen molar-refractivity contribution >= 4 is 11.5 Å². The van der Waals surface area contributed by atoms with Crippen LogP contribution in [0.4, 0.5) is 0 Å². The van der Waals surface area contributed by atoms with Gasteiger partial charge in [-0.2, -0.15) is 0 Å². The minimum absolute atomic E-state index is 0.0718. The fourth-order valence-electron chi connectivity index (χ4n) is 4.34. The lowest BCUT2D eigenvalue weighted by Crippen LogP contribution is -2.49. The number of aliphatic hydroxyl groups excluding tert-OH is 1. The van der Waals surface area contributed by atoms with Gasteiger partial charge in [-0.25, -0.2) is 0 Å². The Bertz CT molecular complexity index is 735. The molecule has 2 N–H and O–H groups in total. The molecule has 130 valence electrons. The molecule has 1 saturated carbocycles. The van der Waals surface area contributed by atoms with Gasteiger partial charge in [0.05, 0.1) is 11.7 Å². The number of hydrogen-bond donors (Lipinski definition) is 2. The Labute approximate surface area is 143 Å². The van der Waals surface area contributed by atoms with Crippen LogP contribution in [0.1, 0.15) is 53.5 Å². The number of nitrogens with one attached hydrogen (secondary N) is 1. The number of carbonyl (C=O) groups is 1. The summed E-state index contributed by atoms with van der Waals surface area (Å²) in [5.41, 5.74) is 5.14. The lowest BCUT2D eigenvalue weighted by atomic mass is 9.78. The third-order valence-electron chi connectivity index (χ3n) is 5.92. The molecule has 4 nitrogen and oxygen atoms in total. The summed E-state index contributed by atoms with van der Waals surface area (Å²) in [6.45, 7) is 8.18. The zero-order valence-corrected chi connectivity index (χ0v) is 15.2. The first-order chi connectivity index (χ1) is 11.3. The number of carbonyl (C=O) groups excluding carboxylic acids is 1. The first kappa shape index (κ1) is 17.0. The molecule has 1 heterocycles. The molecule has 0 aromatic heterocycles. The first-order valence-electron chi connectivity index (χ1n) is 8.67. The van der Waals surface area contributed by atoms with Crippen LogP contribution in [0, 0.1) is 27.7 Å². The summed E-state index contributed by atoms with van der Waals surface area (Å²) in [4.78, 5) is 12.8. The third-order valence-corrected chi connectivity index (χ3v) is 5.92. The van der Waals surface area contributed by atoms with Crippen LogP contribution in [0.3, 0.4) is 0 Å². The highest BCUT2D eigenvalue weighted by molar-refractivity contribution is 6.24. The molecule has 0 radical (unpaired) electrons. The summed E-state index contributed by atoms with van der Waals surface area (Å²) >= 11 is 0. The van der Waals surface area contributed by atoms with Gasteiger partial charge < -0.3 is 15.2 Å². The highest BCUT2D eigenvalue weighted by Crippen LogP contribution is 2.43. The van der Waals surface area contributed by atoms with Gasteiger partial charge in [0.25, 0.3) is 5.91 Å². The zero-order valence-electron chi connectivity index (χ0n) is 15.2. The second kappa shape index (κ2) is 5.92. The molecule has 1 amide bonds. The van der Waals surface area contributed by atoms with Gasteiger partial charge in [-0.05, 0) is 74.8 Å². The lowest BCUT2D eigenvalue weighted by molar-refractivity contribution is -0.116. The maximum atomic E-state index is 12.8. The highest BCUT2D eigenvalue weighted by Gasteiger charge is 2.49. The Hall–Kier alpha value is -1.81. The van der Waals surface area contributed by atoms with Crippen molar-refractivity contribution in [2.45, 2.75) is 65.0 Å². The van der Waals surface area contributed by atoms with Crippen LogP contribution in [0.5, 0.6) is 0 Å². The van der Waals surface area contributed by atoms with Crippen LogP contribution in [-0.2, 0) is 9.53 Å². The minimum Gasteiger partial charge on any atom is -0.509 e. The predicted octanol–water partition coefficient (Wildman–Crippen LogP) is 3.65. The summed E-state index contributed by atoms with van der Waals surface area (Å²) in [6.07, 6.45) is 3.37. The standard InChI is InChI=1S/C20H27NO3/c1-11-9-12(2)16(14(4)13(11)3)17-18(22)20(21-19(17)23)8-6-7-15(10-20)24-5/h9,15,22H,6-8,10H2,1-5H3,(H,21,23). The molecular weight excluding hydrogens is 302 g/mol. The molecule has 2 aliphatic rings. The molecule has 1 aromatic rings. The predicted molar refractivity (Wildman–Crippen MR) is 95.1 cm³/mol. The Morgan fingerprint density at radius 3 is 2.58 bits per heavy atom. The number of ether oxygens (including phenoxy) is 1. The lowest BCUT2D eigenvalue weighted by Gasteiger charge is -2.37. The van der Waals surface area contributed by atoms with Gasteiger partial charge in [0, 0.05) is 13.5 Å². The summed E-state index contributed by atoms with van der Waals surface area (Å²) in [7, 11) is 1.69. The van der Waals surface area contributed by atoms with E-state index >= 15 is 0 Å². The molecule has 1 aromatic carbocycles. The van der Waals surface area contributed by atoms with Crippen molar-refractivity contribution < 1.29 is 14.6 Å². The third kappa shape index (κ3) is 2.44. The molecule has 1 aliphatic carbocycles. The van der Waals surface area contributed by atoms with Crippen LogP contribution < -0.4 is 5.32 Å². The molecule has 1 spiro atoms. The van der Waals surface area contributed by atoms with Crippen LogP contribution >= 0.6 is 0 Å². The minimum atomic E-state index is -0.664. The van der Waals surface area contributed by atoms with Gasteiger partial charge in [0.1, 0.15) is 11.3 Å². The van der Waals surface area contributed by atoms with E-state index in [-0.39, 0.29) is 17.8 Å². The van der Waals surface area contributed by atoms with E-state index < -0.39 is 5.54 Å². The first-order valence-corrected chi connectivity index (χ1v) is 8.67. The maximum Gasteiger partial charge on any atom is 0.256 e. The van der Waals surface area contributed by atoms with Gasteiger partial charge in [-0.1, -0.05) is 6.07 Å². The van der Waals surface area contributed by atoms with Crippen LogP contribution in [0.2, 0.25) is 0 Å². The highest BCUT2D eigenvalue weighted by atomic mass is 16.5. The van der Waals surface area contributed by atoms with E-state index in [0.717, 1.165) is 36.0 Å². The molecule has 0 saturated heterocycles. The van der Waals surface area contributed by atoms with E-state index in [0.29, 0.717) is 12.0 Å². The van der Waals surface area contributed by atoms with Crippen molar-refractivity contribution in [1.29, 1.82) is 0 Å². The Morgan fingerprint density at radius 1 is 1.21 bits per heavy atom. The average Bonchev–Trinajstić information content (AvgIpc) is 2.77. The van der Waals surface area contributed by atoms with Gasteiger partial charge in [-0.15, -0.1) is 0 Å². The normalized spacial score (nSPS) is 27.0. The Balaban J connectivity index is 2.14. The number of aliphatic hydroxyl groups is 1. The SMILES string of the molecule is COC1CCCC2(C1)NC(=O)C(c1c(C)cc(C)c(C)c1C)=C2O. The Morgan fingerprint density at radius 2 is 1.92 bits per heavy atom. The van der Waals surface area contributed by atoms with Gasteiger partial charge in [-0.3, -0.25) is 4.79 Å². The summed E-state index contributed by atoms with van der Waals surface area (Å²) in [5.74, 6) is 0.0300. The number of benzene rings is 1. The molecule has 2 unspecified atom stereocenters. The van der Waals surface area contributed by atoms with Crippen LogP contribution in [-0.4, -0.2) is 29.8 Å². The molecule has 4 heteroatoms. The topological polar surface area (TPSA) is 58.6 Å². The van der Waals surface area contributed by atoms with E-state index in [1.54, 1.807) is 7.11 Å². The van der Waals surface area contributed by atoms with Crippen molar-refractivity contribution in [1.82, 2.24) is 5.32 Å². The fourth-order valence-corrected chi connectivity index (χ4v) is 4.34. The maximum absolute atomic E-state index is 12.8. The summed E-state index contributed by atoms with van der Waals surface area (Å²) in [6, 6.07) is 2.09. The second-order valence-electron chi connectivity index (χ2n) is 7.35. The van der Waals surface area contributed by atoms with E-state index in [2.05, 4.69) is 25.2 Å². The van der Waals surface area contributed by atoms with Crippen molar-refractivity contribution in [3.8, 4) is 0 Å². The zero-order chi connectivity index (χ0) is 17.6. The number of hydrogen-bond acceptors (Lipinski definition) is 3. The molecule has 0 bridgehead atoms. The van der Waals surface area contributed by atoms with Crippen molar-refractivity contribution in [2.24, 2.45) is 0 Å². The van der Waals surface area contributed by atoms with E-state index in [1.165, 1.54) is 11.1 Å². The fraction of sp³-hybridized carbons (Fsp3) is 0.550. The molecule has 1 aliphatic heterocycles. The molecule has 1 fully saturated rings. The van der Waals surface area contributed by atoms with E-state index in [9.17, 15) is 9.90 Å². The number of aryl methyl sites for hydroxylation is 2. The number of methoxy groups -OCH3 is 1. The molecule has 3 rings (SSSR count). The van der Waals surface area contributed by atoms with Crippen molar-refractivity contribution in [3.05, 3.63) is 39.6 Å². The molecule has 2 atom stereocenters. The quantitative estimate of drug-likeness (QED) is 0.871. The van der Waals surface area contributed by atoms with Crippen LogP contribution in [0.25, 0.3) is 5.57 Å². The van der Waals surface area contributed by atoms with Crippen LogP contribution in [0.15, 0.2) is 11.8 Å². The monoisotopic (exact) mass is 329 g/mol. The van der Waals surface area contributed by atoms with Crippen molar-refractivity contribution in [3.63, 3.8) is 0 Å². The molecular formula is C20H27NO3.